The third kappa shape index (κ3) is 5.95. The number of hydrogen-bond donors (Lipinski definition) is 1. The smallest absolute Gasteiger partial charge is 0.410 e. The molecule has 0 heterocycles. The molecule has 0 saturated heterocycles. The van der Waals surface area contributed by atoms with Gasteiger partial charge in [-0.15, -0.1) is 0 Å². The number of likely N-dealkylation sites (N-methyl/N-ethyl adjacent to an activating group) is 1. The fourth-order valence-electron chi connectivity index (χ4n) is 0.948. The van der Waals surface area contributed by atoms with Gasteiger partial charge < -0.3 is 14.7 Å². The summed E-state index contributed by atoms with van der Waals surface area (Å²) in [5, 5.41) is 9.85. The molecule has 0 aromatic heterocycles. The predicted octanol–water partition coefficient (Wildman–Crippen LogP) is 2.26. The van der Waals surface area contributed by atoms with E-state index in [0.717, 1.165) is 0 Å². The van der Waals surface area contributed by atoms with Gasteiger partial charge in [0, 0.05) is 7.05 Å². The summed E-state index contributed by atoms with van der Waals surface area (Å²) in [5.74, 6) is 0. The molecule has 4 nitrogen and oxygen atoms in total. The van der Waals surface area contributed by atoms with Gasteiger partial charge in [-0.05, 0) is 26.2 Å². The van der Waals surface area contributed by atoms with Crippen molar-refractivity contribution >= 4 is 6.09 Å². The van der Waals surface area contributed by atoms with Gasteiger partial charge in [0.15, 0.2) is 0 Å². The van der Waals surface area contributed by atoms with E-state index in [1.54, 1.807) is 7.05 Å². The fourth-order valence-corrected chi connectivity index (χ4v) is 0.948. The largest absolute Gasteiger partial charge is 0.444 e. The van der Waals surface area contributed by atoms with Crippen molar-refractivity contribution in [3.63, 3.8) is 0 Å². The van der Waals surface area contributed by atoms with Crippen LogP contribution in [-0.4, -0.2) is 41.4 Å². The molecule has 0 rings (SSSR count). The van der Waals surface area contributed by atoms with Crippen molar-refractivity contribution in [2.24, 2.45) is 5.41 Å². The third-order valence-corrected chi connectivity index (χ3v) is 2.15. The van der Waals surface area contributed by atoms with Crippen molar-refractivity contribution in [3.05, 3.63) is 0 Å². The number of aliphatic hydroxyl groups is 1. The summed E-state index contributed by atoms with van der Waals surface area (Å²) in [7, 11) is 1.63. The van der Waals surface area contributed by atoms with E-state index in [1.807, 2.05) is 41.5 Å². The molecule has 16 heavy (non-hydrogen) atoms. The Labute approximate surface area is 98.6 Å². The molecule has 1 atom stereocenters. The van der Waals surface area contributed by atoms with Crippen molar-refractivity contribution in [1.82, 2.24) is 4.90 Å². The van der Waals surface area contributed by atoms with Crippen molar-refractivity contribution in [3.8, 4) is 0 Å². The van der Waals surface area contributed by atoms with Gasteiger partial charge in [0.1, 0.15) is 5.60 Å². The van der Waals surface area contributed by atoms with Crippen LogP contribution in [0.5, 0.6) is 0 Å². The number of carbonyl (C=O) groups excluding carboxylic acids is 1. The summed E-state index contributed by atoms with van der Waals surface area (Å²) in [6.07, 6.45) is -0.971. The molecule has 0 aromatic carbocycles. The van der Waals surface area contributed by atoms with Gasteiger partial charge in [-0.2, -0.15) is 0 Å². The summed E-state index contributed by atoms with van der Waals surface area (Å²) >= 11 is 0. The maximum Gasteiger partial charge on any atom is 0.410 e. The zero-order valence-electron chi connectivity index (χ0n) is 11.5. The van der Waals surface area contributed by atoms with Crippen LogP contribution in [0.3, 0.4) is 0 Å². The number of hydrogen-bond acceptors (Lipinski definition) is 3. The van der Waals surface area contributed by atoms with Gasteiger partial charge in [0.25, 0.3) is 0 Å². The number of ether oxygens (including phenoxy) is 1. The molecule has 1 N–H and O–H groups in total. The number of amides is 1. The monoisotopic (exact) mass is 231 g/mol. The van der Waals surface area contributed by atoms with Gasteiger partial charge >= 0.3 is 6.09 Å². The average Bonchev–Trinajstić information content (AvgIpc) is 1.98. The first kappa shape index (κ1) is 15.2. The van der Waals surface area contributed by atoms with Crippen LogP contribution in [0.1, 0.15) is 41.5 Å². The van der Waals surface area contributed by atoms with Crippen LogP contribution in [0.25, 0.3) is 0 Å². The Morgan fingerprint density at radius 3 is 2.00 bits per heavy atom. The SMILES string of the molecule is CN(CC(O)C(C)(C)C)C(=O)OC(C)(C)C. The molecule has 0 radical (unpaired) electrons. The van der Waals surface area contributed by atoms with Crippen molar-refractivity contribution in [2.45, 2.75) is 53.2 Å². The van der Waals surface area contributed by atoms with Crippen LogP contribution in [0.15, 0.2) is 0 Å². The second-order valence-corrected chi connectivity index (χ2v) is 6.24. The van der Waals surface area contributed by atoms with E-state index in [-0.39, 0.29) is 12.0 Å². The molecular formula is C12H25NO3. The molecule has 0 aliphatic carbocycles. The summed E-state index contributed by atoms with van der Waals surface area (Å²) in [4.78, 5) is 13.0. The third-order valence-electron chi connectivity index (χ3n) is 2.15. The van der Waals surface area contributed by atoms with Gasteiger partial charge in [0.2, 0.25) is 0 Å². The second-order valence-electron chi connectivity index (χ2n) is 6.24. The standard InChI is InChI=1S/C12H25NO3/c1-11(2,3)9(14)8-13(7)10(15)16-12(4,5)6/h9,14H,8H2,1-7H3. The lowest BCUT2D eigenvalue weighted by Gasteiger charge is -2.31. The van der Waals surface area contributed by atoms with Gasteiger partial charge in [-0.1, -0.05) is 20.8 Å². The van der Waals surface area contributed by atoms with E-state index in [9.17, 15) is 9.90 Å². The molecule has 0 saturated carbocycles. The molecular weight excluding hydrogens is 206 g/mol. The summed E-state index contributed by atoms with van der Waals surface area (Å²) in [6, 6.07) is 0. The second kappa shape index (κ2) is 5.04. The zero-order chi connectivity index (χ0) is 13.1. The van der Waals surface area contributed by atoms with Crippen LogP contribution < -0.4 is 0 Å². The van der Waals surface area contributed by atoms with E-state index in [4.69, 9.17) is 4.74 Å². The number of rotatable bonds is 2. The topological polar surface area (TPSA) is 49.8 Å². The van der Waals surface area contributed by atoms with E-state index in [1.165, 1.54) is 4.90 Å². The number of aliphatic hydroxyl groups excluding tert-OH is 1. The molecule has 1 amide bonds. The Hall–Kier alpha value is -0.770. The first-order valence-corrected chi connectivity index (χ1v) is 5.55. The molecule has 0 spiro atoms. The first-order chi connectivity index (χ1) is 6.93. The minimum absolute atomic E-state index is 0.240. The summed E-state index contributed by atoms with van der Waals surface area (Å²) in [6.45, 7) is 11.5. The quantitative estimate of drug-likeness (QED) is 0.793. The lowest BCUT2D eigenvalue weighted by molar-refractivity contribution is 0.00279. The minimum Gasteiger partial charge on any atom is -0.444 e. The Kier molecular flexibility index (Phi) is 4.80. The maximum atomic E-state index is 11.6. The van der Waals surface area contributed by atoms with E-state index in [2.05, 4.69) is 0 Å². The average molecular weight is 231 g/mol. The van der Waals surface area contributed by atoms with Crippen molar-refractivity contribution in [1.29, 1.82) is 0 Å². The molecule has 0 aliphatic rings. The highest BCUT2D eigenvalue weighted by atomic mass is 16.6. The Morgan fingerprint density at radius 2 is 1.69 bits per heavy atom. The minimum atomic E-state index is -0.565. The number of nitrogens with zero attached hydrogens (tertiary/aromatic N) is 1. The predicted molar refractivity (Wildman–Crippen MR) is 64.3 cm³/mol. The number of carbonyl (C=O) groups is 1. The lowest BCUT2D eigenvalue weighted by atomic mass is 9.89. The van der Waals surface area contributed by atoms with Crippen LogP contribution >= 0.6 is 0 Å². The normalized spacial score (nSPS) is 14.5. The summed E-state index contributed by atoms with van der Waals surface area (Å²) in [5.41, 5.74) is -0.742. The van der Waals surface area contributed by atoms with Gasteiger partial charge in [0.05, 0.1) is 12.6 Å². The van der Waals surface area contributed by atoms with Gasteiger partial charge in [-0.25, -0.2) is 4.79 Å². The van der Waals surface area contributed by atoms with Crippen LogP contribution in [-0.2, 0) is 4.74 Å². The van der Waals surface area contributed by atoms with Crippen molar-refractivity contribution < 1.29 is 14.6 Å². The highest BCUT2D eigenvalue weighted by molar-refractivity contribution is 5.67. The molecule has 0 bridgehead atoms. The highest BCUT2D eigenvalue weighted by Gasteiger charge is 2.27. The van der Waals surface area contributed by atoms with Crippen molar-refractivity contribution in [2.75, 3.05) is 13.6 Å². The maximum absolute atomic E-state index is 11.6. The molecule has 96 valence electrons. The van der Waals surface area contributed by atoms with Crippen LogP contribution in [0.4, 0.5) is 4.79 Å². The Bertz CT molecular complexity index is 238. The van der Waals surface area contributed by atoms with E-state index in [0.29, 0.717) is 0 Å². The highest BCUT2D eigenvalue weighted by Crippen LogP contribution is 2.20. The lowest BCUT2D eigenvalue weighted by Crippen LogP contribution is -2.42. The zero-order valence-corrected chi connectivity index (χ0v) is 11.5. The first-order valence-electron chi connectivity index (χ1n) is 5.55. The summed E-state index contributed by atoms with van der Waals surface area (Å²) < 4.78 is 5.19. The van der Waals surface area contributed by atoms with Crippen LogP contribution in [0.2, 0.25) is 0 Å². The molecule has 1 unspecified atom stereocenters. The van der Waals surface area contributed by atoms with Gasteiger partial charge in [-0.3, -0.25) is 0 Å². The molecule has 0 aromatic rings. The van der Waals surface area contributed by atoms with E-state index >= 15 is 0 Å². The Morgan fingerprint density at radius 1 is 1.25 bits per heavy atom. The molecule has 0 fully saturated rings. The van der Waals surface area contributed by atoms with E-state index < -0.39 is 17.8 Å². The fraction of sp³-hybridized carbons (Fsp3) is 0.917. The molecule has 0 aliphatic heterocycles. The Balaban J connectivity index is 4.27. The molecule has 4 heteroatoms. The van der Waals surface area contributed by atoms with Crippen LogP contribution in [0, 0.1) is 5.41 Å².